The van der Waals surface area contributed by atoms with Crippen molar-refractivity contribution in [1.82, 2.24) is 10.2 Å². The highest BCUT2D eigenvalue weighted by atomic mass is 16.2. The molecule has 1 aromatic rings. The Hall–Kier alpha value is -1.39. The Bertz CT molecular complexity index is 407. The molecule has 2 atom stereocenters. The lowest BCUT2D eigenvalue weighted by molar-refractivity contribution is -0.122. The number of hydrogen-bond acceptors (Lipinski definition) is 3. The van der Waals surface area contributed by atoms with Crippen LogP contribution in [0.15, 0.2) is 30.3 Å². The molecule has 0 saturated carbocycles. The van der Waals surface area contributed by atoms with Gasteiger partial charge in [0, 0.05) is 13.1 Å². The first kappa shape index (κ1) is 14.0. The summed E-state index contributed by atoms with van der Waals surface area (Å²) >= 11 is 0. The van der Waals surface area contributed by atoms with E-state index in [9.17, 15) is 4.79 Å². The average molecular weight is 261 g/mol. The first-order chi connectivity index (χ1) is 9.16. The second-order valence-corrected chi connectivity index (χ2v) is 5.40. The van der Waals surface area contributed by atoms with Crippen molar-refractivity contribution < 1.29 is 4.79 Å². The second kappa shape index (κ2) is 6.68. The lowest BCUT2D eigenvalue weighted by atomic mass is 9.98. The monoisotopic (exact) mass is 261 g/mol. The van der Waals surface area contributed by atoms with Crippen molar-refractivity contribution in [3.63, 3.8) is 0 Å². The number of amides is 1. The molecule has 1 fully saturated rings. The smallest absolute Gasteiger partial charge is 0.241 e. The Kier molecular flexibility index (Phi) is 4.93. The number of nitrogens with two attached hydrogens (primary N) is 1. The Morgan fingerprint density at radius 1 is 1.47 bits per heavy atom. The molecule has 104 valence electrons. The Morgan fingerprint density at radius 2 is 2.21 bits per heavy atom. The topological polar surface area (TPSA) is 58.4 Å². The Balaban J connectivity index is 1.81. The zero-order valence-corrected chi connectivity index (χ0v) is 11.5. The zero-order chi connectivity index (χ0) is 13.7. The van der Waals surface area contributed by atoms with Crippen molar-refractivity contribution in [2.45, 2.75) is 18.9 Å². The second-order valence-electron chi connectivity index (χ2n) is 5.40. The van der Waals surface area contributed by atoms with Gasteiger partial charge in [0.15, 0.2) is 0 Å². The molecule has 2 rings (SSSR count). The van der Waals surface area contributed by atoms with Crippen molar-refractivity contribution in [2.24, 2.45) is 11.7 Å². The van der Waals surface area contributed by atoms with Crippen LogP contribution in [0.3, 0.4) is 0 Å². The molecule has 4 nitrogen and oxygen atoms in total. The summed E-state index contributed by atoms with van der Waals surface area (Å²) in [6.45, 7) is 2.94. The van der Waals surface area contributed by atoms with Crippen LogP contribution in [0.25, 0.3) is 0 Å². The molecule has 1 unspecified atom stereocenters. The van der Waals surface area contributed by atoms with E-state index in [1.54, 1.807) is 0 Å². The number of nitrogens with zero attached hydrogens (tertiary/aromatic N) is 1. The maximum Gasteiger partial charge on any atom is 0.241 e. The zero-order valence-electron chi connectivity index (χ0n) is 11.5. The number of likely N-dealkylation sites (tertiary alicyclic amines) is 1. The van der Waals surface area contributed by atoms with E-state index in [-0.39, 0.29) is 5.91 Å². The van der Waals surface area contributed by atoms with E-state index in [2.05, 4.69) is 17.3 Å². The molecule has 1 saturated heterocycles. The molecule has 0 bridgehead atoms. The first-order valence-electron chi connectivity index (χ1n) is 6.93. The summed E-state index contributed by atoms with van der Waals surface area (Å²) in [5.74, 6) is 0.463. The van der Waals surface area contributed by atoms with Gasteiger partial charge < -0.3 is 16.0 Å². The fourth-order valence-corrected chi connectivity index (χ4v) is 2.61. The molecule has 1 amide bonds. The Labute approximate surface area is 115 Å². The number of nitrogens with one attached hydrogen (secondary N) is 1. The largest absolute Gasteiger partial charge is 0.354 e. The van der Waals surface area contributed by atoms with Gasteiger partial charge in [-0.05, 0) is 37.9 Å². The lowest BCUT2D eigenvalue weighted by Crippen LogP contribution is -2.41. The standard InChI is InChI=1S/C15H23N3O/c1-18-9-5-6-12(11-18)10-17-15(19)14(16)13-7-3-2-4-8-13/h2-4,7-8,12,14H,5-6,9-11,16H2,1H3,(H,17,19)/t12?,14-/m0/s1. The molecule has 0 aromatic heterocycles. The molecule has 19 heavy (non-hydrogen) atoms. The molecular formula is C15H23N3O. The van der Waals surface area contributed by atoms with E-state index < -0.39 is 6.04 Å². The minimum atomic E-state index is -0.567. The van der Waals surface area contributed by atoms with Gasteiger partial charge in [0.2, 0.25) is 5.91 Å². The van der Waals surface area contributed by atoms with Crippen LogP contribution in [0, 0.1) is 5.92 Å². The molecule has 0 radical (unpaired) electrons. The van der Waals surface area contributed by atoms with Gasteiger partial charge in [0.05, 0.1) is 0 Å². The molecule has 4 heteroatoms. The van der Waals surface area contributed by atoms with Crippen LogP contribution in [0.4, 0.5) is 0 Å². The van der Waals surface area contributed by atoms with Crippen LogP contribution >= 0.6 is 0 Å². The number of hydrogen-bond donors (Lipinski definition) is 2. The van der Waals surface area contributed by atoms with Crippen LogP contribution in [0.5, 0.6) is 0 Å². The van der Waals surface area contributed by atoms with Gasteiger partial charge in [-0.2, -0.15) is 0 Å². The SMILES string of the molecule is CN1CCCC(CNC(=O)[C@@H](N)c2ccccc2)C1. The fourth-order valence-electron chi connectivity index (χ4n) is 2.61. The summed E-state index contributed by atoms with van der Waals surface area (Å²) in [6, 6.07) is 8.93. The molecular weight excluding hydrogens is 238 g/mol. The maximum atomic E-state index is 12.0. The highest BCUT2D eigenvalue weighted by molar-refractivity contribution is 5.82. The van der Waals surface area contributed by atoms with E-state index in [1.165, 1.54) is 12.8 Å². The van der Waals surface area contributed by atoms with E-state index >= 15 is 0 Å². The molecule has 0 spiro atoms. The first-order valence-corrected chi connectivity index (χ1v) is 6.93. The van der Waals surface area contributed by atoms with Gasteiger partial charge in [-0.25, -0.2) is 0 Å². The Morgan fingerprint density at radius 3 is 2.89 bits per heavy atom. The number of rotatable bonds is 4. The van der Waals surface area contributed by atoms with Gasteiger partial charge in [-0.15, -0.1) is 0 Å². The van der Waals surface area contributed by atoms with Crippen LogP contribution in [0.2, 0.25) is 0 Å². The highest BCUT2D eigenvalue weighted by Crippen LogP contribution is 2.15. The van der Waals surface area contributed by atoms with Crippen molar-refractivity contribution in [3.05, 3.63) is 35.9 Å². The van der Waals surface area contributed by atoms with Crippen molar-refractivity contribution in [1.29, 1.82) is 0 Å². The third kappa shape index (κ3) is 4.04. The van der Waals surface area contributed by atoms with Crippen molar-refractivity contribution >= 4 is 5.91 Å². The highest BCUT2D eigenvalue weighted by Gasteiger charge is 2.20. The van der Waals surface area contributed by atoms with E-state index in [1.807, 2.05) is 30.3 Å². The summed E-state index contributed by atoms with van der Waals surface area (Å²) in [5.41, 5.74) is 6.82. The molecule has 3 N–H and O–H groups in total. The fraction of sp³-hybridized carbons (Fsp3) is 0.533. The number of piperidine rings is 1. The lowest BCUT2D eigenvalue weighted by Gasteiger charge is -2.30. The summed E-state index contributed by atoms with van der Waals surface area (Å²) in [7, 11) is 2.13. The minimum Gasteiger partial charge on any atom is -0.354 e. The third-order valence-electron chi connectivity index (χ3n) is 3.73. The van der Waals surface area contributed by atoms with Gasteiger partial charge in [0.25, 0.3) is 0 Å². The number of carbonyl (C=O) groups is 1. The van der Waals surface area contributed by atoms with Gasteiger partial charge >= 0.3 is 0 Å². The predicted octanol–water partition coefficient (Wildman–Crippen LogP) is 1.14. The number of carbonyl (C=O) groups excluding carboxylic acids is 1. The van der Waals surface area contributed by atoms with Crippen molar-refractivity contribution in [3.8, 4) is 0 Å². The quantitative estimate of drug-likeness (QED) is 0.854. The third-order valence-corrected chi connectivity index (χ3v) is 3.73. The van der Waals surface area contributed by atoms with Gasteiger partial charge in [-0.3, -0.25) is 4.79 Å². The molecule has 1 aliphatic heterocycles. The summed E-state index contributed by atoms with van der Waals surface area (Å²) < 4.78 is 0. The summed E-state index contributed by atoms with van der Waals surface area (Å²) in [4.78, 5) is 14.3. The van der Waals surface area contributed by atoms with Gasteiger partial charge in [-0.1, -0.05) is 30.3 Å². The maximum absolute atomic E-state index is 12.0. The molecule has 1 aromatic carbocycles. The van der Waals surface area contributed by atoms with Crippen LogP contribution in [-0.4, -0.2) is 37.5 Å². The summed E-state index contributed by atoms with van der Waals surface area (Å²) in [5, 5.41) is 2.98. The van der Waals surface area contributed by atoms with E-state index in [0.717, 1.165) is 25.2 Å². The van der Waals surface area contributed by atoms with E-state index in [4.69, 9.17) is 5.73 Å². The number of benzene rings is 1. The van der Waals surface area contributed by atoms with Gasteiger partial charge in [0.1, 0.15) is 6.04 Å². The molecule has 1 aliphatic rings. The van der Waals surface area contributed by atoms with Crippen molar-refractivity contribution in [2.75, 3.05) is 26.7 Å². The molecule has 0 aliphatic carbocycles. The van der Waals surface area contributed by atoms with E-state index in [0.29, 0.717) is 5.92 Å². The predicted molar refractivity (Wildman–Crippen MR) is 76.6 cm³/mol. The average Bonchev–Trinajstić information content (AvgIpc) is 2.45. The summed E-state index contributed by atoms with van der Waals surface area (Å²) in [6.07, 6.45) is 2.40. The van der Waals surface area contributed by atoms with Crippen LogP contribution in [-0.2, 0) is 4.79 Å². The molecule has 1 heterocycles. The minimum absolute atomic E-state index is 0.0839. The van der Waals surface area contributed by atoms with Crippen LogP contribution < -0.4 is 11.1 Å². The normalized spacial score (nSPS) is 21.9. The van der Waals surface area contributed by atoms with Crippen LogP contribution in [0.1, 0.15) is 24.4 Å².